The summed E-state index contributed by atoms with van der Waals surface area (Å²) in [6.45, 7) is 2.22. The molecule has 1 nitrogen and oxygen atoms in total. The molecule has 2 aliphatic heterocycles. The predicted molar refractivity (Wildman–Crippen MR) is 83.5 cm³/mol. The van der Waals surface area contributed by atoms with Crippen LogP contribution in [0.5, 0.6) is 0 Å². The number of rotatable bonds is 3. The van der Waals surface area contributed by atoms with E-state index in [2.05, 4.69) is 42.4 Å². The number of aryl methyl sites for hydroxylation is 1. The van der Waals surface area contributed by atoms with Crippen LogP contribution < -0.4 is 0 Å². The molecule has 3 heterocycles. The van der Waals surface area contributed by atoms with Gasteiger partial charge in [-0.15, -0.1) is 23.1 Å². The van der Waals surface area contributed by atoms with Crippen LogP contribution in [-0.2, 0) is 6.42 Å². The van der Waals surface area contributed by atoms with Crippen LogP contribution in [0, 0.1) is 0 Å². The van der Waals surface area contributed by atoms with E-state index >= 15 is 0 Å². The quantitative estimate of drug-likeness (QED) is 0.764. The lowest BCUT2D eigenvalue weighted by atomic mass is 10.1. The van der Waals surface area contributed by atoms with Crippen LogP contribution in [0.2, 0.25) is 0 Å². The Bertz CT molecular complexity index is 522. The molecule has 94 valence electrons. The minimum atomic E-state index is 0.545. The van der Waals surface area contributed by atoms with Gasteiger partial charge in [-0.2, -0.15) is 0 Å². The lowest BCUT2D eigenvalue weighted by molar-refractivity contribution is 0.943. The van der Waals surface area contributed by atoms with Crippen LogP contribution in [-0.4, -0.2) is 11.5 Å². The van der Waals surface area contributed by atoms with Crippen molar-refractivity contribution in [3.63, 3.8) is 0 Å². The average Bonchev–Trinajstić information content (AvgIpc) is 3.08. The van der Waals surface area contributed by atoms with Crippen molar-refractivity contribution in [1.82, 2.24) is 0 Å². The van der Waals surface area contributed by atoms with Gasteiger partial charge >= 0.3 is 0 Å². The fourth-order valence-electron chi connectivity index (χ4n) is 2.25. The minimum absolute atomic E-state index is 0.545. The fraction of sp³-hybridized carbons (Fsp3) is 0.400. The largest absolute Gasteiger partial charge is 0.265 e. The zero-order chi connectivity index (χ0) is 12.4. The van der Waals surface area contributed by atoms with E-state index in [-0.39, 0.29) is 0 Å². The fourth-order valence-corrected chi connectivity index (χ4v) is 4.55. The van der Waals surface area contributed by atoms with Crippen molar-refractivity contribution in [2.75, 3.05) is 0 Å². The number of aliphatic imine (C=N–C) groups is 1. The summed E-state index contributed by atoms with van der Waals surface area (Å²) in [5.74, 6) is 0. The molecule has 0 aromatic carbocycles. The first-order valence-electron chi connectivity index (χ1n) is 6.55. The second kappa shape index (κ2) is 5.45. The molecule has 1 aromatic heterocycles. The molecule has 1 atom stereocenters. The van der Waals surface area contributed by atoms with Gasteiger partial charge in [0.2, 0.25) is 0 Å². The maximum atomic E-state index is 4.55. The van der Waals surface area contributed by atoms with Gasteiger partial charge in [-0.05, 0) is 37.8 Å². The number of hydrogen-bond acceptors (Lipinski definition) is 3. The summed E-state index contributed by atoms with van der Waals surface area (Å²) in [7, 11) is 0. The van der Waals surface area contributed by atoms with E-state index < -0.39 is 0 Å². The molecule has 2 aliphatic rings. The highest BCUT2D eigenvalue weighted by Crippen LogP contribution is 2.44. The molecule has 0 saturated heterocycles. The lowest BCUT2D eigenvalue weighted by Gasteiger charge is -2.13. The first-order chi connectivity index (χ1) is 8.86. The molecule has 0 aliphatic carbocycles. The Morgan fingerprint density at radius 2 is 2.22 bits per heavy atom. The normalized spacial score (nSPS) is 23.1. The third-order valence-corrected chi connectivity index (χ3v) is 6.01. The van der Waals surface area contributed by atoms with Gasteiger partial charge in [0.25, 0.3) is 0 Å². The van der Waals surface area contributed by atoms with E-state index in [1.54, 1.807) is 0 Å². The SMILES string of the molecule is CCc1ccc(C2=CCC(C3=CCCC=N3)S2)s1. The highest BCUT2D eigenvalue weighted by Gasteiger charge is 2.23. The van der Waals surface area contributed by atoms with E-state index in [0.29, 0.717) is 5.25 Å². The van der Waals surface area contributed by atoms with Gasteiger partial charge in [0.05, 0.1) is 5.25 Å². The topological polar surface area (TPSA) is 12.4 Å². The molecule has 1 unspecified atom stereocenters. The molecule has 3 heteroatoms. The smallest absolute Gasteiger partial charge is 0.0549 e. The van der Waals surface area contributed by atoms with Crippen molar-refractivity contribution in [2.24, 2.45) is 4.99 Å². The third kappa shape index (κ3) is 2.47. The zero-order valence-corrected chi connectivity index (χ0v) is 12.2. The van der Waals surface area contributed by atoms with E-state index in [9.17, 15) is 0 Å². The van der Waals surface area contributed by atoms with Crippen LogP contribution in [0.1, 0.15) is 35.9 Å². The second-order valence-corrected chi connectivity index (χ2v) is 6.96. The lowest BCUT2D eigenvalue weighted by Crippen LogP contribution is -2.03. The summed E-state index contributed by atoms with van der Waals surface area (Å²) in [5, 5.41) is 0.545. The van der Waals surface area contributed by atoms with E-state index in [1.165, 1.54) is 20.4 Å². The Morgan fingerprint density at radius 3 is 2.94 bits per heavy atom. The summed E-state index contributed by atoms with van der Waals surface area (Å²) in [6, 6.07) is 4.52. The molecule has 0 saturated carbocycles. The second-order valence-electron chi connectivity index (χ2n) is 4.55. The Balaban J connectivity index is 1.70. The molecular formula is C15H17NS2. The highest BCUT2D eigenvalue weighted by molar-refractivity contribution is 8.09. The maximum Gasteiger partial charge on any atom is 0.0549 e. The van der Waals surface area contributed by atoms with Gasteiger partial charge in [-0.25, -0.2) is 0 Å². The zero-order valence-electron chi connectivity index (χ0n) is 10.6. The molecule has 18 heavy (non-hydrogen) atoms. The van der Waals surface area contributed by atoms with Crippen LogP contribution in [0.15, 0.2) is 35.0 Å². The van der Waals surface area contributed by atoms with Crippen LogP contribution >= 0.6 is 23.1 Å². The van der Waals surface area contributed by atoms with Gasteiger partial charge < -0.3 is 0 Å². The summed E-state index contributed by atoms with van der Waals surface area (Å²) < 4.78 is 0. The van der Waals surface area contributed by atoms with Gasteiger partial charge in [0.1, 0.15) is 0 Å². The van der Waals surface area contributed by atoms with Gasteiger partial charge in [-0.1, -0.05) is 19.1 Å². The molecule has 0 radical (unpaired) electrons. The van der Waals surface area contributed by atoms with Crippen molar-refractivity contribution in [2.45, 2.75) is 37.9 Å². The van der Waals surface area contributed by atoms with E-state index in [1.807, 2.05) is 23.1 Å². The number of thioether (sulfide) groups is 1. The number of thiophene rings is 1. The average molecular weight is 275 g/mol. The third-order valence-electron chi connectivity index (χ3n) is 3.26. The van der Waals surface area contributed by atoms with Crippen LogP contribution in [0.4, 0.5) is 0 Å². The van der Waals surface area contributed by atoms with Crippen molar-refractivity contribution in [3.05, 3.63) is 39.7 Å². The number of hydrogen-bond donors (Lipinski definition) is 0. The molecule has 0 N–H and O–H groups in total. The molecule has 1 aromatic rings. The Labute approximate surface area is 117 Å². The molecule has 0 amide bonds. The van der Waals surface area contributed by atoms with Crippen molar-refractivity contribution in [1.29, 1.82) is 0 Å². The van der Waals surface area contributed by atoms with Crippen LogP contribution in [0.3, 0.4) is 0 Å². The first-order valence-corrected chi connectivity index (χ1v) is 8.25. The van der Waals surface area contributed by atoms with E-state index in [4.69, 9.17) is 0 Å². The molecule has 0 spiro atoms. The Kier molecular flexibility index (Phi) is 3.71. The van der Waals surface area contributed by atoms with Crippen molar-refractivity contribution < 1.29 is 0 Å². The molecule has 0 fully saturated rings. The Morgan fingerprint density at radius 1 is 1.28 bits per heavy atom. The predicted octanol–water partition coefficient (Wildman–Crippen LogP) is 4.91. The summed E-state index contributed by atoms with van der Waals surface area (Å²) in [6.07, 6.45) is 11.3. The monoisotopic (exact) mass is 275 g/mol. The van der Waals surface area contributed by atoms with Gasteiger partial charge in [0, 0.05) is 26.6 Å². The summed E-state index contributed by atoms with van der Waals surface area (Å²) >= 11 is 3.92. The minimum Gasteiger partial charge on any atom is -0.265 e. The molecular weight excluding hydrogens is 258 g/mol. The van der Waals surface area contributed by atoms with E-state index in [0.717, 1.165) is 25.7 Å². The van der Waals surface area contributed by atoms with Gasteiger partial charge in [0.15, 0.2) is 0 Å². The number of allylic oxidation sites excluding steroid dienone is 2. The van der Waals surface area contributed by atoms with Crippen molar-refractivity contribution in [3.8, 4) is 0 Å². The van der Waals surface area contributed by atoms with Crippen LogP contribution in [0.25, 0.3) is 4.91 Å². The van der Waals surface area contributed by atoms with Gasteiger partial charge in [-0.3, -0.25) is 4.99 Å². The molecule has 3 rings (SSSR count). The van der Waals surface area contributed by atoms with Crippen molar-refractivity contribution >= 4 is 34.2 Å². The standard InChI is InChI=1S/C15H17NS2/c1-2-11-6-7-14(17-11)15-9-8-13(18-15)12-5-3-4-10-16-12/h5-7,9-10,13H,2-4,8H2,1H3. The Hall–Kier alpha value is -0.800. The number of nitrogens with zero attached hydrogens (tertiary/aromatic N) is 1. The highest BCUT2D eigenvalue weighted by atomic mass is 32.2. The summed E-state index contributed by atoms with van der Waals surface area (Å²) in [5.41, 5.74) is 1.28. The first kappa shape index (κ1) is 12.2. The summed E-state index contributed by atoms with van der Waals surface area (Å²) in [4.78, 5) is 8.90. The molecule has 0 bridgehead atoms. The maximum absolute atomic E-state index is 4.55.